The quantitative estimate of drug-likeness (QED) is 0.460. The van der Waals surface area contributed by atoms with E-state index >= 15 is 0 Å². The van der Waals surface area contributed by atoms with Crippen LogP contribution in [0.25, 0.3) is 0 Å². The Kier molecular flexibility index (Phi) is 7.52. The zero-order valence-corrected chi connectivity index (χ0v) is 18.8. The number of anilines is 2. The van der Waals surface area contributed by atoms with Crippen molar-refractivity contribution in [2.24, 2.45) is 0 Å². The summed E-state index contributed by atoms with van der Waals surface area (Å²) in [6.07, 6.45) is 0. The Morgan fingerprint density at radius 3 is 2.44 bits per heavy atom. The molecule has 0 saturated carbocycles. The number of hydrogen-bond donors (Lipinski definition) is 1. The van der Waals surface area contributed by atoms with Gasteiger partial charge in [0.2, 0.25) is 5.91 Å². The normalized spacial score (nSPS) is 13.7. The molecular formula is C21H29N5O6. The molecule has 1 aliphatic rings. The number of carbonyl (C=O) groups excluding carboxylic acids is 1. The van der Waals surface area contributed by atoms with E-state index in [9.17, 15) is 14.9 Å². The first-order chi connectivity index (χ1) is 15.3. The lowest BCUT2D eigenvalue weighted by Crippen LogP contribution is -2.36. The van der Waals surface area contributed by atoms with Gasteiger partial charge in [0, 0.05) is 25.2 Å². The number of aryl methyl sites for hydroxylation is 1. The van der Waals surface area contributed by atoms with E-state index in [1.54, 1.807) is 19.9 Å². The molecule has 0 unspecified atom stereocenters. The van der Waals surface area contributed by atoms with Crippen molar-refractivity contribution in [2.75, 3.05) is 49.7 Å². The molecule has 0 radical (unpaired) electrons. The number of nitro groups is 1. The van der Waals surface area contributed by atoms with Gasteiger partial charge in [-0.1, -0.05) is 0 Å². The fraction of sp³-hybridized carbons (Fsp3) is 0.524. The van der Waals surface area contributed by atoms with Crippen LogP contribution in [0.1, 0.15) is 25.2 Å². The molecule has 0 bridgehead atoms. The first kappa shape index (κ1) is 23.3. The summed E-state index contributed by atoms with van der Waals surface area (Å²) in [7, 11) is 0. The minimum Gasteiger partial charge on any atom is -0.492 e. The van der Waals surface area contributed by atoms with Crippen molar-refractivity contribution in [2.45, 2.75) is 34.2 Å². The van der Waals surface area contributed by atoms with E-state index in [-0.39, 0.29) is 23.8 Å². The molecule has 1 amide bonds. The second-order valence-corrected chi connectivity index (χ2v) is 7.26. The maximum atomic E-state index is 12.8. The highest BCUT2D eigenvalue weighted by molar-refractivity contribution is 5.93. The standard InChI is InChI=1S/C21H29N5O6/c1-5-31-18-12-17(24-7-9-30-10-8-24)19(32-6-2)11-16(18)22-20(27)13-25-15(4)21(26(28)29)14(3)23-25/h11-12H,5-10,13H2,1-4H3,(H,22,27). The van der Waals surface area contributed by atoms with Gasteiger partial charge in [-0.05, 0) is 27.7 Å². The van der Waals surface area contributed by atoms with E-state index < -0.39 is 4.92 Å². The van der Waals surface area contributed by atoms with Crippen molar-refractivity contribution in [3.8, 4) is 11.5 Å². The molecule has 174 valence electrons. The van der Waals surface area contributed by atoms with E-state index in [1.807, 2.05) is 19.9 Å². The van der Waals surface area contributed by atoms with Gasteiger partial charge in [0.25, 0.3) is 0 Å². The third-order valence-corrected chi connectivity index (χ3v) is 5.11. The number of ether oxygens (including phenoxy) is 3. The Balaban J connectivity index is 1.87. The average molecular weight is 447 g/mol. The first-order valence-electron chi connectivity index (χ1n) is 10.6. The molecule has 11 nitrogen and oxygen atoms in total. The topological polar surface area (TPSA) is 121 Å². The zero-order valence-electron chi connectivity index (χ0n) is 18.8. The van der Waals surface area contributed by atoms with Crippen LogP contribution in [0.5, 0.6) is 11.5 Å². The minimum absolute atomic E-state index is 0.0821. The molecule has 3 rings (SSSR count). The molecule has 1 saturated heterocycles. The van der Waals surface area contributed by atoms with E-state index in [0.717, 1.165) is 18.8 Å². The largest absolute Gasteiger partial charge is 0.492 e. The number of morpholine rings is 1. The monoisotopic (exact) mass is 447 g/mol. The van der Waals surface area contributed by atoms with Gasteiger partial charge in [-0.25, -0.2) is 0 Å². The SMILES string of the molecule is CCOc1cc(N2CCOCC2)c(OCC)cc1NC(=O)Cn1nc(C)c([N+](=O)[O-])c1C. The molecule has 2 aromatic rings. The van der Waals surface area contributed by atoms with Crippen molar-refractivity contribution in [1.82, 2.24) is 9.78 Å². The van der Waals surface area contributed by atoms with Crippen LogP contribution in [-0.4, -0.2) is 60.1 Å². The number of nitrogens with one attached hydrogen (secondary N) is 1. The van der Waals surface area contributed by atoms with Crippen LogP contribution in [0.2, 0.25) is 0 Å². The van der Waals surface area contributed by atoms with E-state index in [1.165, 1.54) is 4.68 Å². The molecule has 0 atom stereocenters. The van der Waals surface area contributed by atoms with Gasteiger partial charge in [0.05, 0.1) is 42.7 Å². The summed E-state index contributed by atoms with van der Waals surface area (Å²) in [5.41, 5.74) is 1.86. The number of carbonyl (C=O) groups is 1. The van der Waals surface area contributed by atoms with E-state index in [0.29, 0.717) is 49.3 Å². The first-order valence-corrected chi connectivity index (χ1v) is 10.6. The van der Waals surface area contributed by atoms with Crippen LogP contribution in [0.15, 0.2) is 12.1 Å². The molecule has 1 fully saturated rings. The fourth-order valence-electron chi connectivity index (χ4n) is 3.68. The predicted octanol–water partition coefficient (Wildman–Crippen LogP) is 2.68. The maximum absolute atomic E-state index is 12.8. The summed E-state index contributed by atoms with van der Waals surface area (Å²) < 4.78 is 18.4. The highest BCUT2D eigenvalue weighted by Gasteiger charge is 2.24. The van der Waals surface area contributed by atoms with Crippen LogP contribution in [-0.2, 0) is 16.1 Å². The predicted molar refractivity (Wildman–Crippen MR) is 119 cm³/mol. The fourth-order valence-corrected chi connectivity index (χ4v) is 3.68. The summed E-state index contributed by atoms with van der Waals surface area (Å²) >= 11 is 0. The van der Waals surface area contributed by atoms with Gasteiger partial charge in [-0.2, -0.15) is 5.10 Å². The average Bonchev–Trinajstić information content (AvgIpc) is 3.03. The summed E-state index contributed by atoms with van der Waals surface area (Å²) in [4.78, 5) is 25.7. The Morgan fingerprint density at radius 1 is 1.19 bits per heavy atom. The second-order valence-electron chi connectivity index (χ2n) is 7.26. The lowest BCUT2D eigenvalue weighted by molar-refractivity contribution is -0.386. The van der Waals surface area contributed by atoms with Crippen molar-refractivity contribution < 1.29 is 23.9 Å². The maximum Gasteiger partial charge on any atom is 0.312 e. The molecular weight excluding hydrogens is 418 g/mol. The molecule has 11 heteroatoms. The molecule has 32 heavy (non-hydrogen) atoms. The summed E-state index contributed by atoms with van der Waals surface area (Å²) in [6, 6.07) is 3.62. The van der Waals surface area contributed by atoms with Gasteiger partial charge >= 0.3 is 5.69 Å². The van der Waals surface area contributed by atoms with Gasteiger partial charge < -0.3 is 24.4 Å². The van der Waals surface area contributed by atoms with Crippen LogP contribution < -0.4 is 19.7 Å². The third-order valence-electron chi connectivity index (χ3n) is 5.11. The van der Waals surface area contributed by atoms with Crippen LogP contribution >= 0.6 is 0 Å². The number of aromatic nitrogens is 2. The number of hydrogen-bond acceptors (Lipinski definition) is 8. The molecule has 1 aromatic carbocycles. The summed E-state index contributed by atoms with van der Waals surface area (Å²) in [6.45, 7) is 10.3. The highest BCUT2D eigenvalue weighted by Crippen LogP contribution is 2.39. The van der Waals surface area contributed by atoms with Gasteiger partial charge in [-0.15, -0.1) is 0 Å². The molecule has 1 aliphatic heterocycles. The highest BCUT2D eigenvalue weighted by atomic mass is 16.6. The van der Waals surface area contributed by atoms with Crippen LogP contribution in [0.3, 0.4) is 0 Å². The Morgan fingerprint density at radius 2 is 1.84 bits per heavy atom. The van der Waals surface area contributed by atoms with Crippen LogP contribution in [0, 0.1) is 24.0 Å². The van der Waals surface area contributed by atoms with Crippen LogP contribution in [0.4, 0.5) is 17.1 Å². The molecule has 1 N–H and O–H groups in total. The van der Waals surface area contributed by atoms with Gasteiger partial charge in [-0.3, -0.25) is 19.6 Å². The Labute approximate surface area is 186 Å². The van der Waals surface area contributed by atoms with Crippen molar-refractivity contribution in [3.63, 3.8) is 0 Å². The third kappa shape index (κ3) is 5.10. The second kappa shape index (κ2) is 10.3. The smallest absolute Gasteiger partial charge is 0.312 e. The lowest BCUT2D eigenvalue weighted by Gasteiger charge is -2.31. The van der Waals surface area contributed by atoms with Gasteiger partial charge in [0.15, 0.2) is 0 Å². The number of nitrogens with zero attached hydrogens (tertiary/aromatic N) is 4. The van der Waals surface area contributed by atoms with Crippen molar-refractivity contribution in [3.05, 3.63) is 33.6 Å². The Bertz CT molecular complexity index is 984. The Hall–Kier alpha value is -3.34. The zero-order chi connectivity index (χ0) is 23.3. The van der Waals surface area contributed by atoms with Crippen molar-refractivity contribution >= 4 is 23.0 Å². The molecule has 0 spiro atoms. The molecule has 2 heterocycles. The van der Waals surface area contributed by atoms with E-state index in [4.69, 9.17) is 14.2 Å². The summed E-state index contributed by atoms with van der Waals surface area (Å²) in [5.74, 6) is 0.771. The summed E-state index contributed by atoms with van der Waals surface area (Å²) in [5, 5.41) is 18.2. The molecule has 0 aliphatic carbocycles. The van der Waals surface area contributed by atoms with Gasteiger partial charge in [0.1, 0.15) is 29.4 Å². The lowest BCUT2D eigenvalue weighted by atomic mass is 10.2. The van der Waals surface area contributed by atoms with E-state index in [2.05, 4.69) is 15.3 Å². The number of benzene rings is 1. The minimum atomic E-state index is -0.488. The van der Waals surface area contributed by atoms with Crippen molar-refractivity contribution in [1.29, 1.82) is 0 Å². The number of rotatable bonds is 9. The molecule has 1 aromatic heterocycles. The number of amides is 1.